The van der Waals surface area contributed by atoms with Crippen molar-refractivity contribution in [2.24, 2.45) is 0 Å². The van der Waals surface area contributed by atoms with Crippen LogP contribution in [-0.2, 0) is 10.0 Å². The predicted molar refractivity (Wildman–Crippen MR) is 121 cm³/mol. The smallest absolute Gasteiger partial charge is 0.267 e. The number of rotatable bonds is 7. The summed E-state index contributed by atoms with van der Waals surface area (Å²) in [6.07, 6.45) is 0. The van der Waals surface area contributed by atoms with E-state index in [1.807, 2.05) is 36.4 Å². The van der Waals surface area contributed by atoms with Gasteiger partial charge in [0.2, 0.25) is 10.0 Å². The van der Waals surface area contributed by atoms with E-state index in [9.17, 15) is 18.0 Å². The summed E-state index contributed by atoms with van der Waals surface area (Å²) in [6, 6.07) is 17.0. The van der Waals surface area contributed by atoms with Crippen LogP contribution < -0.4 is 10.9 Å². The highest BCUT2D eigenvalue weighted by Gasteiger charge is 2.23. The highest BCUT2D eigenvalue weighted by molar-refractivity contribution is 7.89. The van der Waals surface area contributed by atoms with E-state index in [1.54, 1.807) is 19.2 Å². The molecule has 2 amide bonds. The third kappa shape index (κ3) is 5.01. The molecule has 0 atom stereocenters. The molecule has 162 valence electrons. The van der Waals surface area contributed by atoms with Crippen LogP contribution in [0, 0.1) is 0 Å². The van der Waals surface area contributed by atoms with Gasteiger partial charge in [-0.15, -0.1) is 11.3 Å². The fraction of sp³-hybridized carbons (Fsp3) is 0.182. The summed E-state index contributed by atoms with van der Waals surface area (Å²) in [6.45, 7) is 4.16. The van der Waals surface area contributed by atoms with Gasteiger partial charge in [0.25, 0.3) is 11.8 Å². The predicted octanol–water partition coefficient (Wildman–Crippen LogP) is 3.52. The fourth-order valence-electron chi connectivity index (χ4n) is 3.08. The van der Waals surface area contributed by atoms with Crippen molar-refractivity contribution in [2.45, 2.75) is 18.7 Å². The van der Waals surface area contributed by atoms with E-state index < -0.39 is 21.8 Å². The third-order valence-electron chi connectivity index (χ3n) is 4.69. The fourth-order valence-corrected chi connectivity index (χ4v) is 5.40. The molecule has 31 heavy (non-hydrogen) atoms. The molecule has 7 nitrogen and oxygen atoms in total. The molecule has 0 saturated heterocycles. The van der Waals surface area contributed by atoms with Crippen molar-refractivity contribution in [1.82, 2.24) is 15.2 Å². The normalized spacial score (nSPS) is 11.3. The molecule has 9 heteroatoms. The number of carbonyl (C=O) groups is 2. The minimum atomic E-state index is -3.69. The molecule has 0 fully saturated rings. The maximum atomic E-state index is 12.7. The molecule has 2 N–H and O–H groups in total. The van der Waals surface area contributed by atoms with Gasteiger partial charge in [-0.1, -0.05) is 50.2 Å². The van der Waals surface area contributed by atoms with Crippen LogP contribution in [0.2, 0.25) is 0 Å². The summed E-state index contributed by atoms with van der Waals surface area (Å²) in [7, 11) is -3.69. The number of nitrogens with one attached hydrogen (secondary N) is 2. The van der Waals surface area contributed by atoms with E-state index in [4.69, 9.17) is 0 Å². The zero-order valence-electron chi connectivity index (χ0n) is 17.2. The van der Waals surface area contributed by atoms with E-state index >= 15 is 0 Å². The Morgan fingerprint density at radius 3 is 2.26 bits per heavy atom. The first kappa shape index (κ1) is 22.7. The molecule has 0 saturated carbocycles. The van der Waals surface area contributed by atoms with Crippen LogP contribution in [-0.4, -0.2) is 37.6 Å². The number of hydrogen-bond acceptors (Lipinski definition) is 5. The van der Waals surface area contributed by atoms with Gasteiger partial charge in [-0.2, -0.15) is 4.31 Å². The average molecular weight is 458 g/mol. The summed E-state index contributed by atoms with van der Waals surface area (Å²) in [5.74, 6) is -1.06. The van der Waals surface area contributed by atoms with Crippen LogP contribution in [0.3, 0.4) is 0 Å². The molecular weight excluding hydrogens is 434 g/mol. The van der Waals surface area contributed by atoms with Crippen molar-refractivity contribution in [2.75, 3.05) is 13.1 Å². The maximum Gasteiger partial charge on any atom is 0.280 e. The Labute approximate surface area is 185 Å². The third-order valence-corrected chi connectivity index (χ3v) is 7.64. The van der Waals surface area contributed by atoms with Crippen LogP contribution in [0.4, 0.5) is 0 Å². The Balaban J connectivity index is 1.73. The minimum absolute atomic E-state index is 0.0276. The van der Waals surface area contributed by atoms with Crippen molar-refractivity contribution in [3.8, 4) is 11.1 Å². The first-order valence-corrected chi connectivity index (χ1v) is 12.0. The maximum absolute atomic E-state index is 12.7. The molecular formula is C22H23N3O4S2. The zero-order valence-corrected chi connectivity index (χ0v) is 18.8. The van der Waals surface area contributed by atoms with Gasteiger partial charge < -0.3 is 0 Å². The number of carbonyl (C=O) groups excluding carboxylic acids is 2. The molecule has 0 unspecified atom stereocenters. The van der Waals surface area contributed by atoms with Crippen LogP contribution >= 0.6 is 11.3 Å². The second-order valence-electron chi connectivity index (χ2n) is 6.55. The van der Waals surface area contributed by atoms with Gasteiger partial charge >= 0.3 is 0 Å². The van der Waals surface area contributed by atoms with Gasteiger partial charge in [-0.05, 0) is 35.2 Å². The molecule has 1 aromatic heterocycles. The van der Waals surface area contributed by atoms with Gasteiger partial charge in [-0.25, -0.2) is 8.42 Å². The van der Waals surface area contributed by atoms with E-state index in [0.717, 1.165) is 11.1 Å². The summed E-state index contributed by atoms with van der Waals surface area (Å²) in [5, 5.41) is 1.81. The van der Waals surface area contributed by atoms with Gasteiger partial charge in [0, 0.05) is 24.2 Å². The molecule has 0 radical (unpaired) electrons. The van der Waals surface area contributed by atoms with Gasteiger partial charge in [0.05, 0.1) is 4.90 Å². The quantitative estimate of drug-likeness (QED) is 0.531. The molecule has 0 aliphatic heterocycles. The lowest BCUT2D eigenvalue weighted by molar-refractivity contribution is 0.0849. The molecule has 0 spiro atoms. The van der Waals surface area contributed by atoms with Gasteiger partial charge in [0.1, 0.15) is 4.88 Å². The largest absolute Gasteiger partial charge is 0.280 e. The molecule has 3 aromatic rings. The number of benzene rings is 2. The topological polar surface area (TPSA) is 95.6 Å². The van der Waals surface area contributed by atoms with Crippen LogP contribution in [0.5, 0.6) is 0 Å². The second kappa shape index (κ2) is 9.86. The average Bonchev–Trinajstić information content (AvgIpc) is 3.28. The van der Waals surface area contributed by atoms with Crippen molar-refractivity contribution < 1.29 is 18.0 Å². The second-order valence-corrected chi connectivity index (χ2v) is 9.41. The van der Waals surface area contributed by atoms with E-state index in [1.165, 1.54) is 39.9 Å². The van der Waals surface area contributed by atoms with Gasteiger partial charge in [-0.3, -0.25) is 20.4 Å². The number of amides is 2. The van der Waals surface area contributed by atoms with Crippen LogP contribution in [0.25, 0.3) is 11.1 Å². The summed E-state index contributed by atoms with van der Waals surface area (Å²) >= 11 is 1.27. The number of nitrogens with zero attached hydrogens (tertiary/aromatic N) is 1. The first-order chi connectivity index (χ1) is 14.9. The van der Waals surface area contributed by atoms with Crippen molar-refractivity contribution in [3.63, 3.8) is 0 Å². The Morgan fingerprint density at radius 2 is 1.58 bits per heavy atom. The van der Waals surface area contributed by atoms with Crippen molar-refractivity contribution in [3.05, 3.63) is 76.5 Å². The van der Waals surface area contributed by atoms with E-state index in [2.05, 4.69) is 10.9 Å². The Bertz CT molecular complexity index is 1170. The van der Waals surface area contributed by atoms with E-state index in [0.29, 0.717) is 18.0 Å². The minimum Gasteiger partial charge on any atom is -0.267 e. The summed E-state index contributed by atoms with van der Waals surface area (Å²) in [5.41, 5.74) is 6.56. The Morgan fingerprint density at radius 1 is 0.903 bits per heavy atom. The summed E-state index contributed by atoms with van der Waals surface area (Å²) < 4.78 is 26.7. The lowest BCUT2D eigenvalue weighted by Crippen LogP contribution is -2.41. The summed E-state index contributed by atoms with van der Waals surface area (Å²) in [4.78, 5) is 25.6. The first-order valence-electron chi connectivity index (χ1n) is 9.72. The number of hydrogen-bond donors (Lipinski definition) is 2. The molecule has 0 bridgehead atoms. The van der Waals surface area contributed by atoms with Crippen LogP contribution in [0.15, 0.2) is 70.9 Å². The standard InChI is InChI=1S/C22H23N3O4S2/c1-3-25(4-2)31(28,29)18-12-8-11-17(15-18)21(26)23-24-22(27)20-19(13-14-30-20)16-9-6-5-7-10-16/h5-15H,3-4H2,1-2H3,(H,23,26)(H,24,27). The van der Waals surface area contributed by atoms with Crippen molar-refractivity contribution in [1.29, 1.82) is 0 Å². The lowest BCUT2D eigenvalue weighted by atomic mass is 10.1. The monoisotopic (exact) mass is 457 g/mol. The molecule has 0 aliphatic carbocycles. The SMILES string of the molecule is CCN(CC)S(=O)(=O)c1cccc(C(=O)NNC(=O)c2sccc2-c2ccccc2)c1. The Hall–Kier alpha value is -3.01. The Kier molecular flexibility index (Phi) is 7.21. The van der Waals surface area contributed by atoms with E-state index in [-0.39, 0.29) is 10.5 Å². The lowest BCUT2D eigenvalue weighted by Gasteiger charge is -2.18. The van der Waals surface area contributed by atoms with Crippen LogP contribution in [0.1, 0.15) is 33.9 Å². The molecule has 1 heterocycles. The number of thiophene rings is 1. The number of sulfonamides is 1. The highest BCUT2D eigenvalue weighted by Crippen LogP contribution is 2.28. The van der Waals surface area contributed by atoms with Crippen molar-refractivity contribution >= 4 is 33.2 Å². The zero-order chi connectivity index (χ0) is 22.4. The molecule has 3 rings (SSSR count). The number of hydrazine groups is 1. The highest BCUT2D eigenvalue weighted by atomic mass is 32.2. The van der Waals surface area contributed by atoms with Gasteiger partial charge in [0.15, 0.2) is 0 Å². The molecule has 0 aliphatic rings. The molecule has 2 aromatic carbocycles.